The van der Waals surface area contributed by atoms with E-state index in [0.717, 1.165) is 22.6 Å². The molecule has 0 bridgehead atoms. The van der Waals surface area contributed by atoms with Crippen molar-refractivity contribution in [1.82, 2.24) is 20.1 Å². The number of hydrogen-bond donors (Lipinski definition) is 1. The van der Waals surface area contributed by atoms with Crippen molar-refractivity contribution in [3.63, 3.8) is 0 Å². The Balaban J connectivity index is 2.07. The third-order valence-corrected chi connectivity index (χ3v) is 4.47. The van der Waals surface area contributed by atoms with Crippen LogP contribution in [0, 0.1) is 6.92 Å². The molecule has 0 aliphatic heterocycles. The third kappa shape index (κ3) is 3.49. The van der Waals surface area contributed by atoms with Crippen LogP contribution in [0.15, 0.2) is 59.8 Å². The molecule has 3 aromatic rings. The molecule has 0 spiro atoms. The minimum Gasteiger partial charge on any atom is -0.358 e. The predicted molar refractivity (Wildman–Crippen MR) is 96.3 cm³/mol. The lowest BCUT2D eigenvalue weighted by atomic mass is 10.2. The maximum Gasteiger partial charge on any atom is 0.230 e. The standard InChI is InChI=1S/C18H18N4OS/c1-13-7-6-10-15(11-13)22-17(14-8-4-3-5-9-14)20-21-18(22)24-12-16(23)19-2/h3-11H,12H2,1-2H3,(H,19,23). The van der Waals surface area contributed by atoms with Gasteiger partial charge in [-0.05, 0) is 24.6 Å². The number of carbonyl (C=O) groups is 1. The fourth-order valence-electron chi connectivity index (χ4n) is 2.34. The Morgan fingerprint density at radius 1 is 1.12 bits per heavy atom. The molecule has 6 heteroatoms. The van der Waals surface area contributed by atoms with Crippen LogP contribution in [0.25, 0.3) is 17.1 Å². The van der Waals surface area contributed by atoms with E-state index in [0.29, 0.717) is 10.9 Å². The lowest BCUT2D eigenvalue weighted by Gasteiger charge is -2.11. The van der Waals surface area contributed by atoms with Crippen molar-refractivity contribution in [2.24, 2.45) is 0 Å². The summed E-state index contributed by atoms with van der Waals surface area (Å²) in [5, 5.41) is 12.0. The first kappa shape index (κ1) is 16.3. The van der Waals surface area contributed by atoms with Gasteiger partial charge in [-0.1, -0.05) is 54.2 Å². The number of nitrogens with one attached hydrogen (secondary N) is 1. The fourth-order valence-corrected chi connectivity index (χ4v) is 3.16. The smallest absolute Gasteiger partial charge is 0.230 e. The second-order valence-corrected chi connectivity index (χ2v) is 6.25. The number of rotatable bonds is 5. The molecule has 5 nitrogen and oxygen atoms in total. The summed E-state index contributed by atoms with van der Waals surface area (Å²) in [7, 11) is 1.63. The largest absolute Gasteiger partial charge is 0.358 e. The highest BCUT2D eigenvalue weighted by Crippen LogP contribution is 2.28. The molecular weight excluding hydrogens is 320 g/mol. The number of benzene rings is 2. The molecule has 0 saturated heterocycles. The van der Waals surface area contributed by atoms with Crippen LogP contribution in [-0.4, -0.2) is 33.5 Å². The van der Waals surface area contributed by atoms with Crippen LogP contribution in [0.3, 0.4) is 0 Å². The Morgan fingerprint density at radius 3 is 2.62 bits per heavy atom. The van der Waals surface area contributed by atoms with Gasteiger partial charge in [0.1, 0.15) is 0 Å². The molecule has 1 amide bonds. The third-order valence-electron chi connectivity index (χ3n) is 3.54. The SMILES string of the molecule is CNC(=O)CSc1nnc(-c2ccccc2)n1-c1cccc(C)c1. The van der Waals surface area contributed by atoms with E-state index < -0.39 is 0 Å². The van der Waals surface area contributed by atoms with E-state index in [9.17, 15) is 4.79 Å². The van der Waals surface area contributed by atoms with Crippen molar-refractivity contribution in [2.45, 2.75) is 12.1 Å². The van der Waals surface area contributed by atoms with Gasteiger partial charge in [0.05, 0.1) is 5.75 Å². The second kappa shape index (κ2) is 7.31. The number of amides is 1. The summed E-state index contributed by atoms with van der Waals surface area (Å²) in [6, 6.07) is 18.1. The van der Waals surface area contributed by atoms with Crippen molar-refractivity contribution < 1.29 is 4.79 Å². The molecular formula is C18H18N4OS. The van der Waals surface area contributed by atoms with E-state index in [1.165, 1.54) is 11.8 Å². The Kier molecular flexibility index (Phi) is 4.96. The highest BCUT2D eigenvalue weighted by Gasteiger charge is 2.16. The second-order valence-electron chi connectivity index (χ2n) is 5.31. The van der Waals surface area contributed by atoms with Crippen LogP contribution in [0.2, 0.25) is 0 Å². The van der Waals surface area contributed by atoms with Crippen LogP contribution in [0.4, 0.5) is 0 Å². The molecule has 1 N–H and O–H groups in total. The minimum absolute atomic E-state index is 0.0416. The molecule has 3 rings (SSSR count). The molecule has 1 aromatic heterocycles. The molecule has 24 heavy (non-hydrogen) atoms. The van der Waals surface area contributed by atoms with Crippen molar-refractivity contribution in [3.8, 4) is 17.1 Å². The number of carbonyl (C=O) groups excluding carboxylic acids is 1. The Bertz CT molecular complexity index is 845. The van der Waals surface area contributed by atoms with E-state index in [1.807, 2.05) is 60.0 Å². The fraction of sp³-hybridized carbons (Fsp3) is 0.167. The maximum absolute atomic E-state index is 11.6. The highest BCUT2D eigenvalue weighted by molar-refractivity contribution is 7.99. The lowest BCUT2D eigenvalue weighted by Crippen LogP contribution is -2.20. The van der Waals surface area contributed by atoms with Crippen molar-refractivity contribution >= 4 is 17.7 Å². The first-order valence-electron chi connectivity index (χ1n) is 7.60. The van der Waals surface area contributed by atoms with Crippen LogP contribution in [0.5, 0.6) is 0 Å². The van der Waals surface area contributed by atoms with E-state index in [4.69, 9.17) is 0 Å². The van der Waals surface area contributed by atoms with Gasteiger partial charge in [0.15, 0.2) is 11.0 Å². The van der Waals surface area contributed by atoms with Crippen molar-refractivity contribution in [1.29, 1.82) is 0 Å². The average Bonchev–Trinajstić information content (AvgIpc) is 3.04. The zero-order valence-corrected chi connectivity index (χ0v) is 14.4. The number of aromatic nitrogens is 3. The molecule has 0 unspecified atom stereocenters. The molecule has 2 aromatic carbocycles. The molecule has 0 atom stereocenters. The normalized spacial score (nSPS) is 10.6. The van der Waals surface area contributed by atoms with Crippen LogP contribution >= 0.6 is 11.8 Å². The maximum atomic E-state index is 11.6. The molecule has 0 radical (unpaired) electrons. The monoisotopic (exact) mass is 338 g/mol. The molecule has 0 fully saturated rings. The Labute approximate surface area is 145 Å². The van der Waals surface area contributed by atoms with Crippen molar-refractivity contribution in [3.05, 3.63) is 60.2 Å². The minimum atomic E-state index is -0.0416. The van der Waals surface area contributed by atoms with Gasteiger partial charge in [-0.25, -0.2) is 0 Å². The quantitative estimate of drug-likeness (QED) is 0.726. The van der Waals surface area contributed by atoms with E-state index in [-0.39, 0.29) is 5.91 Å². The topological polar surface area (TPSA) is 59.8 Å². The van der Waals surface area contributed by atoms with E-state index in [1.54, 1.807) is 7.05 Å². The summed E-state index contributed by atoms with van der Waals surface area (Å²) in [4.78, 5) is 11.6. The summed E-state index contributed by atoms with van der Waals surface area (Å²) in [5.41, 5.74) is 3.12. The van der Waals surface area contributed by atoms with Gasteiger partial charge >= 0.3 is 0 Å². The number of aryl methyl sites for hydroxylation is 1. The Hall–Kier alpha value is -2.60. The van der Waals surface area contributed by atoms with Gasteiger partial charge in [-0.3, -0.25) is 9.36 Å². The number of nitrogens with zero attached hydrogens (tertiary/aromatic N) is 3. The zero-order valence-electron chi connectivity index (χ0n) is 13.6. The number of hydrogen-bond acceptors (Lipinski definition) is 4. The van der Waals surface area contributed by atoms with Crippen LogP contribution in [0.1, 0.15) is 5.56 Å². The van der Waals surface area contributed by atoms with Gasteiger partial charge < -0.3 is 5.32 Å². The summed E-state index contributed by atoms with van der Waals surface area (Å²) >= 11 is 1.37. The van der Waals surface area contributed by atoms with Gasteiger partial charge in [-0.2, -0.15) is 0 Å². The van der Waals surface area contributed by atoms with Gasteiger partial charge in [0.25, 0.3) is 0 Å². The Morgan fingerprint density at radius 2 is 1.92 bits per heavy atom. The molecule has 0 aliphatic rings. The molecule has 122 valence electrons. The highest BCUT2D eigenvalue weighted by atomic mass is 32.2. The van der Waals surface area contributed by atoms with Gasteiger partial charge in [0, 0.05) is 18.3 Å². The first-order chi connectivity index (χ1) is 11.7. The number of thioether (sulfide) groups is 1. The van der Waals surface area contributed by atoms with Crippen molar-refractivity contribution in [2.75, 3.05) is 12.8 Å². The summed E-state index contributed by atoms with van der Waals surface area (Å²) in [5.74, 6) is 1.02. The van der Waals surface area contributed by atoms with E-state index in [2.05, 4.69) is 21.6 Å². The first-order valence-corrected chi connectivity index (χ1v) is 8.59. The van der Waals surface area contributed by atoms with Crippen LogP contribution in [-0.2, 0) is 4.79 Å². The summed E-state index contributed by atoms with van der Waals surface area (Å²) in [6.45, 7) is 2.05. The van der Waals surface area contributed by atoms with Crippen LogP contribution < -0.4 is 5.32 Å². The molecule has 1 heterocycles. The zero-order chi connectivity index (χ0) is 16.9. The lowest BCUT2D eigenvalue weighted by molar-refractivity contribution is -0.118. The molecule has 0 saturated carbocycles. The van der Waals surface area contributed by atoms with E-state index >= 15 is 0 Å². The van der Waals surface area contributed by atoms with Gasteiger partial charge in [-0.15, -0.1) is 10.2 Å². The predicted octanol–water partition coefficient (Wildman–Crippen LogP) is 3.08. The van der Waals surface area contributed by atoms with Gasteiger partial charge in [0.2, 0.25) is 5.91 Å². The average molecular weight is 338 g/mol. The molecule has 0 aliphatic carbocycles. The summed E-state index contributed by atoms with van der Waals surface area (Å²) < 4.78 is 2.00. The summed E-state index contributed by atoms with van der Waals surface area (Å²) in [6.07, 6.45) is 0.